The molecule has 12 heteroatoms. The Balaban J connectivity index is 1.23. The fourth-order valence-electron chi connectivity index (χ4n) is 4.72. The maximum atomic E-state index is 13.3. The van der Waals surface area contributed by atoms with Crippen LogP contribution in [0.5, 0.6) is 0 Å². The van der Waals surface area contributed by atoms with Gasteiger partial charge in [-0.25, -0.2) is 13.1 Å². The van der Waals surface area contributed by atoms with Gasteiger partial charge in [0.2, 0.25) is 15.9 Å². The number of sulfonamides is 1. The third-order valence-corrected chi connectivity index (χ3v) is 8.33. The summed E-state index contributed by atoms with van der Waals surface area (Å²) in [6.07, 6.45) is 5.75. The maximum Gasteiger partial charge on any atom is 0.269 e. The third kappa shape index (κ3) is 5.64. The van der Waals surface area contributed by atoms with Gasteiger partial charge in [-0.3, -0.25) is 15.1 Å². The van der Waals surface area contributed by atoms with Gasteiger partial charge < -0.3 is 14.8 Å². The molecule has 3 N–H and O–H groups in total. The van der Waals surface area contributed by atoms with Crippen molar-refractivity contribution in [2.24, 2.45) is 0 Å². The molecule has 3 heterocycles. The lowest BCUT2D eigenvalue weighted by molar-refractivity contribution is -0.384. The highest BCUT2D eigenvalue weighted by Gasteiger charge is 2.23. The first-order valence-electron chi connectivity index (χ1n) is 12.7. The Morgan fingerprint density at radius 3 is 2.66 bits per heavy atom. The van der Waals surface area contributed by atoms with Crippen molar-refractivity contribution in [3.63, 3.8) is 0 Å². The van der Waals surface area contributed by atoms with E-state index >= 15 is 0 Å². The molecule has 0 aliphatic heterocycles. The number of nitro benzene ring substituents is 1. The van der Waals surface area contributed by atoms with E-state index in [1.165, 1.54) is 24.3 Å². The van der Waals surface area contributed by atoms with Crippen molar-refractivity contribution >= 4 is 43.3 Å². The average molecular weight is 569 g/mol. The SMILES string of the molecule is O=[N+]([O-])c1ccc(S(=O)(=O)N[C@H](CNc2cc(-c3ccc4cnccc4c3)no2)Cc2c[nH]c3ccccc23)cc1. The molecule has 3 aromatic carbocycles. The van der Waals surface area contributed by atoms with Crippen molar-refractivity contribution in [3.8, 4) is 11.3 Å². The fraction of sp³-hybridized carbons (Fsp3) is 0.103. The Morgan fingerprint density at radius 2 is 1.83 bits per heavy atom. The molecule has 11 nitrogen and oxygen atoms in total. The predicted octanol–water partition coefficient (Wildman–Crippen LogP) is 5.28. The van der Waals surface area contributed by atoms with E-state index in [0.717, 1.165) is 32.8 Å². The van der Waals surface area contributed by atoms with Crippen LogP contribution in [0.1, 0.15) is 5.56 Å². The van der Waals surface area contributed by atoms with E-state index in [-0.39, 0.29) is 17.1 Å². The number of hydrogen-bond acceptors (Lipinski definition) is 8. The number of para-hydroxylation sites is 1. The smallest absolute Gasteiger partial charge is 0.269 e. The van der Waals surface area contributed by atoms with Gasteiger partial charge in [0.15, 0.2) is 0 Å². The van der Waals surface area contributed by atoms with Crippen molar-refractivity contribution < 1.29 is 17.9 Å². The quantitative estimate of drug-likeness (QED) is 0.149. The van der Waals surface area contributed by atoms with Crippen molar-refractivity contribution in [2.75, 3.05) is 11.9 Å². The highest BCUT2D eigenvalue weighted by Crippen LogP contribution is 2.26. The van der Waals surface area contributed by atoms with E-state index in [4.69, 9.17) is 4.52 Å². The van der Waals surface area contributed by atoms with Crippen LogP contribution in [0.25, 0.3) is 32.9 Å². The van der Waals surface area contributed by atoms with Gasteiger partial charge in [0.05, 0.1) is 9.82 Å². The van der Waals surface area contributed by atoms with Gasteiger partial charge >= 0.3 is 0 Å². The van der Waals surface area contributed by atoms with Gasteiger partial charge in [-0.15, -0.1) is 0 Å². The summed E-state index contributed by atoms with van der Waals surface area (Å²) in [6.45, 7) is 0.184. The zero-order valence-electron chi connectivity index (χ0n) is 21.5. The number of nitro groups is 1. The van der Waals surface area contributed by atoms with Crippen molar-refractivity contribution in [2.45, 2.75) is 17.4 Å². The predicted molar refractivity (Wildman–Crippen MR) is 155 cm³/mol. The largest absolute Gasteiger partial charge is 0.361 e. The molecule has 6 rings (SSSR count). The van der Waals surface area contributed by atoms with E-state index in [2.05, 4.69) is 25.2 Å². The Kier molecular flexibility index (Phi) is 6.91. The molecule has 41 heavy (non-hydrogen) atoms. The number of H-pyrrole nitrogens is 1. The first-order valence-corrected chi connectivity index (χ1v) is 14.2. The van der Waals surface area contributed by atoms with Crippen LogP contribution in [-0.4, -0.2) is 41.1 Å². The summed E-state index contributed by atoms with van der Waals surface area (Å²) >= 11 is 0. The molecular weight excluding hydrogens is 544 g/mol. The number of benzene rings is 3. The van der Waals surface area contributed by atoms with Gasteiger partial charge in [-0.2, -0.15) is 0 Å². The standard InChI is InChI=1S/C29H24N6O5S/c36-35(37)24-7-9-25(10-8-24)41(38,39)34-23(14-22-17-31-27-4-2-1-3-26(22)27)18-32-29-15-28(33-40-29)20-5-6-21-16-30-12-11-19(21)13-20/h1-13,15-17,23,31-32,34H,14,18H2/t23-/m0/s1. The zero-order valence-corrected chi connectivity index (χ0v) is 22.3. The van der Waals surface area contributed by atoms with Crippen LogP contribution in [0.15, 0.2) is 107 Å². The number of aromatic amines is 1. The molecule has 0 spiro atoms. The van der Waals surface area contributed by atoms with Gasteiger partial charge in [0.1, 0.15) is 5.69 Å². The number of nitrogens with zero attached hydrogens (tertiary/aromatic N) is 3. The average Bonchev–Trinajstić information content (AvgIpc) is 3.63. The van der Waals surface area contributed by atoms with Crippen LogP contribution in [-0.2, 0) is 16.4 Å². The van der Waals surface area contributed by atoms with Gasteiger partial charge in [-0.1, -0.05) is 35.5 Å². The summed E-state index contributed by atoms with van der Waals surface area (Å²) in [5, 5.41) is 21.4. The maximum absolute atomic E-state index is 13.3. The molecule has 0 aliphatic carbocycles. The van der Waals surface area contributed by atoms with Crippen molar-refractivity contribution in [1.29, 1.82) is 0 Å². The Hall–Kier alpha value is -5.07. The van der Waals surface area contributed by atoms with Crippen LogP contribution >= 0.6 is 0 Å². The minimum atomic E-state index is -4.00. The lowest BCUT2D eigenvalue weighted by atomic mass is 10.1. The second kappa shape index (κ2) is 10.8. The summed E-state index contributed by atoms with van der Waals surface area (Å²) < 4.78 is 34.8. The molecule has 206 valence electrons. The normalized spacial score (nSPS) is 12.5. The van der Waals surface area contributed by atoms with Crippen molar-refractivity contribution in [3.05, 3.63) is 113 Å². The molecule has 0 unspecified atom stereocenters. The zero-order chi connectivity index (χ0) is 28.4. The molecule has 0 amide bonds. The minimum absolute atomic E-state index is 0.0690. The van der Waals surface area contributed by atoms with Crippen LogP contribution in [0.4, 0.5) is 11.6 Å². The van der Waals surface area contributed by atoms with Crippen LogP contribution < -0.4 is 10.0 Å². The van der Waals surface area contributed by atoms with Gasteiger partial charge in [0, 0.05) is 71.2 Å². The molecule has 0 aliphatic rings. The topological polar surface area (TPSA) is 156 Å². The van der Waals surface area contributed by atoms with Crippen LogP contribution in [0.2, 0.25) is 0 Å². The number of aromatic nitrogens is 3. The Labute approximate surface area is 234 Å². The molecule has 0 fully saturated rings. The number of nitrogens with one attached hydrogen (secondary N) is 3. The summed E-state index contributed by atoms with van der Waals surface area (Å²) in [5.41, 5.74) is 3.19. The lowest BCUT2D eigenvalue weighted by Gasteiger charge is -2.19. The van der Waals surface area contributed by atoms with E-state index in [1.807, 2.05) is 54.7 Å². The number of non-ortho nitro benzene ring substituents is 1. The molecular formula is C29H24N6O5S. The molecule has 6 aromatic rings. The fourth-order valence-corrected chi connectivity index (χ4v) is 5.95. The molecule has 1 atom stereocenters. The summed E-state index contributed by atoms with van der Waals surface area (Å²) in [4.78, 5) is 17.7. The lowest BCUT2D eigenvalue weighted by Crippen LogP contribution is -2.41. The highest BCUT2D eigenvalue weighted by atomic mass is 32.2. The number of rotatable bonds is 10. The summed E-state index contributed by atoms with van der Waals surface area (Å²) in [7, 11) is -4.00. The van der Waals surface area contributed by atoms with E-state index in [9.17, 15) is 18.5 Å². The second-order valence-corrected chi connectivity index (χ2v) is 11.2. The minimum Gasteiger partial charge on any atom is -0.361 e. The molecule has 0 radical (unpaired) electrons. The Bertz CT molecular complexity index is 1970. The highest BCUT2D eigenvalue weighted by molar-refractivity contribution is 7.89. The first-order chi connectivity index (χ1) is 19.9. The van der Waals surface area contributed by atoms with E-state index in [1.54, 1.807) is 18.5 Å². The van der Waals surface area contributed by atoms with Gasteiger partial charge in [0.25, 0.3) is 5.69 Å². The van der Waals surface area contributed by atoms with Crippen LogP contribution in [0.3, 0.4) is 0 Å². The van der Waals surface area contributed by atoms with Crippen molar-refractivity contribution in [1.82, 2.24) is 19.8 Å². The molecule has 0 saturated heterocycles. The number of anilines is 1. The summed E-state index contributed by atoms with van der Waals surface area (Å²) in [6, 6.07) is 21.5. The van der Waals surface area contributed by atoms with E-state index in [0.29, 0.717) is 18.0 Å². The third-order valence-electron chi connectivity index (χ3n) is 6.79. The number of hydrogen-bond donors (Lipinski definition) is 3. The monoisotopic (exact) mass is 568 g/mol. The second-order valence-electron chi connectivity index (χ2n) is 9.53. The molecule has 0 bridgehead atoms. The Morgan fingerprint density at radius 1 is 1.00 bits per heavy atom. The van der Waals surface area contributed by atoms with Crippen LogP contribution in [0, 0.1) is 10.1 Å². The number of pyridine rings is 1. The molecule has 3 aromatic heterocycles. The number of fused-ring (bicyclic) bond motifs is 2. The first kappa shape index (κ1) is 26.2. The van der Waals surface area contributed by atoms with E-state index < -0.39 is 21.0 Å². The van der Waals surface area contributed by atoms with Gasteiger partial charge in [-0.05, 0) is 47.7 Å². The summed E-state index contributed by atoms with van der Waals surface area (Å²) in [5.74, 6) is 0.383. The molecule has 0 saturated carbocycles.